The number of nitrogens with zero attached hydrogens (tertiary/aromatic N) is 4. The van der Waals surface area contributed by atoms with E-state index in [-0.39, 0.29) is 30.5 Å². The standard InChI is InChI=1S/C27H35F3N6O2/c1-16(2)10-19(12-22(37)31-5)32-23-20-7-6-17(3)11-21(20)33-25(34-23)35-9-8-26(13-35)14-36(15-26)24(38)18(4)27(28,29)30/h6-7,11,16,19H,4,8-10,12-15H2,1-3,5H3,(H,31,37)(H,32,33,34)/t19-/m0/s1. The second kappa shape index (κ2) is 10.4. The van der Waals surface area contributed by atoms with Gasteiger partial charge in [-0.25, -0.2) is 4.98 Å². The Balaban J connectivity index is 1.56. The summed E-state index contributed by atoms with van der Waals surface area (Å²) in [6.45, 7) is 10.8. The number of hydrogen-bond acceptors (Lipinski definition) is 6. The van der Waals surface area contributed by atoms with Gasteiger partial charge in [0, 0.05) is 56.5 Å². The van der Waals surface area contributed by atoms with Gasteiger partial charge >= 0.3 is 6.18 Å². The SMILES string of the molecule is C=C(C(=O)N1CC2(CCN(c3nc(N[C@H](CC(=O)NC)CC(C)C)c4ccc(C)cc4n3)C2)C1)C(F)(F)F. The fraction of sp³-hybridized carbons (Fsp3) is 0.556. The first-order valence-electron chi connectivity index (χ1n) is 12.9. The number of anilines is 2. The topological polar surface area (TPSA) is 90.5 Å². The van der Waals surface area contributed by atoms with E-state index >= 15 is 0 Å². The van der Waals surface area contributed by atoms with Crippen LogP contribution < -0.4 is 15.5 Å². The first kappa shape index (κ1) is 27.7. The Hall–Kier alpha value is -3.37. The van der Waals surface area contributed by atoms with Gasteiger partial charge in [-0.3, -0.25) is 9.59 Å². The molecule has 0 unspecified atom stereocenters. The molecule has 11 heteroatoms. The zero-order valence-corrected chi connectivity index (χ0v) is 22.3. The van der Waals surface area contributed by atoms with Crippen LogP contribution >= 0.6 is 0 Å². The molecule has 0 aliphatic carbocycles. The van der Waals surface area contributed by atoms with Crippen LogP contribution in [0, 0.1) is 18.3 Å². The molecule has 0 bridgehead atoms. The van der Waals surface area contributed by atoms with Gasteiger partial charge in [0.1, 0.15) is 11.4 Å². The van der Waals surface area contributed by atoms with Gasteiger partial charge in [0.2, 0.25) is 11.9 Å². The molecule has 2 saturated heterocycles. The molecule has 1 aromatic heterocycles. The number of carbonyl (C=O) groups excluding carboxylic acids is 2. The van der Waals surface area contributed by atoms with Crippen LogP contribution in [0.15, 0.2) is 30.4 Å². The van der Waals surface area contributed by atoms with Crippen molar-refractivity contribution in [2.45, 2.75) is 52.3 Å². The number of aryl methyl sites for hydroxylation is 1. The van der Waals surface area contributed by atoms with Crippen molar-refractivity contribution in [3.05, 3.63) is 35.9 Å². The molecular weight excluding hydrogens is 497 g/mol. The van der Waals surface area contributed by atoms with Gasteiger partial charge in [-0.1, -0.05) is 26.5 Å². The van der Waals surface area contributed by atoms with Crippen LogP contribution in [0.2, 0.25) is 0 Å². The summed E-state index contributed by atoms with van der Waals surface area (Å²) in [6, 6.07) is 5.82. The predicted octanol–water partition coefficient (Wildman–Crippen LogP) is 4.06. The molecule has 2 aromatic rings. The van der Waals surface area contributed by atoms with E-state index in [0.717, 1.165) is 29.3 Å². The molecular formula is C27H35F3N6O2. The fourth-order valence-electron chi connectivity index (χ4n) is 5.34. The van der Waals surface area contributed by atoms with Crippen LogP contribution in [0.4, 0.5) is 24.9 Å². The highest BCUT2D eigenvalue weighted by Gasteiger charge is 2.52. The first-order valence-corrected chi connectivity index (χ1v) is 12.9. The van der Waals surface area contributed by atoms with Crippen molar-refractivity contribution >= 4 is 34.5 Å². The number of nitrogens with one attached hydrogen (secondary N) is 2. The fourth-order valence-corrected chi connectivity index (χ4v) is 5.34. The number of halogens is 3. The smallest absolute Gasteiger partial charge is 0.366 e. The average Bonchev–Trinajstić information content (AvgIpc) is 3.26. The highest BCUT2D eigenvalue weighted by Crippen LogP contribution is 2.42. The highest BCUT2D eigenvalue weighted by atomic mass is 19.4. The Kier molecular flexibility index (Phi) is 7.58. The van der Waals surface area contributed by atoms with Crippen molar-refractivity contribution in [2.75, 3.05) is 43.4 Å². The minimum absolute atomic E-state index is 0.0589. The number of alkyl halides is 3. The number of carbonyl (C=O) groups is 2. The number of likely N-dealkylation sites (tertiary alicyclic amines) is 1. The molecule has 2 aliphatic heterocycles. The largest absolute Gasteiger partial charge is 0.421 e. The maximum absolute atomic E-state index is 12.9. The second-order valence-corrected chi connectivity index (χ2v) is 11.1. The number of benzene rings is 1. The quantitative estimate of drug-likeness (QED) is 0.499. The number of aromatic nitrogens is 2. The van der Waals surface area contributed by atoms with Crippen molar-refractivity contribution in [1.29, 1.82) is 0 Å². The third kappa shape index (κ3) is 5.86. The van der Waals surface area contributed by atoms with Crippen molar-refractivity contribution in [2.24, 2.45) is 11.3 Å². The number of amides is 2. The normalized spacial score (nSPS) is 17.6. The summed E-state index contributed by atoms with van der Waals surface area (Å²) >= 11 is 0. The summed E-state index contributed by atoms with van der Waals surface area (Å²) in [5.74, 6) is 0.417. The van der Waals surface area contributed by atoms with Gasteiger partial charge < -0.3 is 20.4 Å². The van der Waals surface area contributed by atoms with Crippen LogP contribution in [0.3, 0.4) is 0 Å². The van der Waals surface area contributed by atoms with Crippen molar-refractivity contribution < 1.29 is 22.8 Å². The molecule has 0 saturated carbocycles. The maximum atomic E-state index is 12.9. The van der Waals surface area contributed by atoms with Crippen LogP contribution in [0.25, 0.3) is 10.9 Å². The molecule has 2 amide bonds. The molecule has 2 fully saturated rings. The Morgan fingerprint density at radius 2 is 1.89 bits per heavy atom. The molecule has 206 valence electrons. The average molecular weight is 533 g/mol. The van der Waals surface area contributed by atoms with Crippen LogP contribution in [-0.4, -0.2) is 72.1 Å². The van der Waals surface area contributed by atoms with Crippen molar-refractivity contribution in [1.82, 2.24) is 20.2 Å². The summed E-state index contributed by atoms with van der Waals surface area (Å²) in [6.07, 6.45) is -2.92. The minimum atomic E-state index is -4.73. The van der Waals surface area contributed by atoms with Gasteiger partial charge in [0.25, 0.3) is 5.91 Å². The van der Waals surface area contributed by atoms with E-state index < -0.39 is 17.7 Å². The van der Waals surface area contributed by atoms with E-state index in [1.807, 2.05) is 30.0 Å². The van der Waals surface area contributed by atoms with Gasteiger partial charge in [-0.2, -0.15) is 18.2 Å². The van der Waals surface area contributed by atoms with Gasteiger partial charge in [0.15, 0.2) is 0 Å². The van der Waals surface area contributed by atoms with Crippen LogP contribution in [-0.2, 0) is 9.59 Å². The summed E-state index contributed by atoms with van der Waals surface area (Å²) in [5.41, 5.74) is 0.194. The van der Waals surface area contributed by atoms with Crippen LogP contribution in [0.1, 0.15) is 38.7 Å². The van der Waals surface area contributed by atoms with Gasteiger partial charge in [-0.05, 0) is 43.4 Å². The molecule has 2 aliphatic rings. The summed E-state index contributed by atoms with van der Waals surface area (Å²) in [5, 5.41) is 7.03. The van der Waals surface area contributed by atoms with Crippen molar-refractivity contribution in [3.8, 4) is 0 Å². The summed E-state index contributed by atoms with van der Waals surface area (Å²) in [7, 11) is 1.62. The predicted molar refractivity (Wildman–Crippen MR) is 141 cm³/mol. The molecule has 1 spiro atoms. The Morgan fingerprint density at radius 3 is 2.53 bits per heavy atom. The molecule has 1 atom stereocenters. The molecule has 2 N–H and O–H groups in total. The number of rotatable bonds is 8. The lowest BCUT2D eigenvalue weighted by molar-refractivity contribution is -0.149. The monoisotopic (exact) mass is 532 g/mol. The third-order valence-corrected chi connectivity index (χ3v) is 7.31. The zero-order chi connectivity index (χ0) is 27.8. The molecule has 0 radical (unpaired) electrons. The van der Waals surface area contributed by atoms with E-state index in [9.17, 15) is 22.8 Å². The van der Waals surface area contributed by atoms with E-state index in [4.69, 9.17) is 9.97 Å². The van der Waals surface area contributed by atoms with E-state index in [0.29, 0.717) is 37.2 Å². The molecule has 4 rings (SSSR count). The molecule has 1 aromatic carbocycles. The lowest BCUT2D eigenvalue weighted by atomic mass is 9.78. The van der Waals surface area contributed by atoms with Gasteiger partial charge in [0.05, 0.1) is 5.52 Å². The molecule has 3 heterocycles. The van der Waals surface area contributed by atoms with E-state index in [1.54, 1.807) is 7.05 Å². The molecule has 8 nitrogen and oxygen atoms in total. The van der Waals surface area contributed by atoms with E-state index in [1.165, 1.54) is 4.90 Å². The minimum Gasteiger partial charge on any atom is -0.366 e. The Bertz CT molecular complexity index is 1240. The lowest BCUT2D eigenvalue weighted by Gasteiger charge is -2.48. The van der Waals surface area contributed by atoms with E-state index in [2.05, 4.69) is 31.1 Å². The summed E-state index contributed by atoms with van der Waals surface area (Å²) in [4.78, 5) is 37.3. The first-order chi connectivity index (χ1) is 17.8. The Labute approximate surface area is 220 Å². The van der Waals surface area contributed by atoms with Gasteiger partial charge in [-0.15, -0.1) is 0 Å². The number of fused-ring (bicyclic) bond motifs is 1. The number of hydrogen-bond donors (Lipinski definition) is 2. The lowest BCUT2D eigenvalue weighted by Crippen LogP contribution is -2.60. The zero-order valence-electron chi connectivity index (χ0n) is 22.3. The Morgan fingerprint density at radius 1 is 1.18 bits per heavy atom. The maximum Gasteiger partial charge on any atom is 0.421 e. The third-order valence-electron chi connectivity index (χ3n) is 7.31. The highest BCUT2D eigenvalue weighted by molar-refractivity contribution is 5.95. The summed E-state index contributed by atoms with van der Waals surface area (Å²) < 4.78 is 38.8. The second-order valence-electron chi connectivity index (χ2n) is 11.1. The molecule has 38 heavy (non-hydrogen) atoms. The van der Waals surface area contributed by atoms with Crippen molar-refractivity contribution in [3.63, 3.8) is 0 Å². The van der Waals surface area contributed by atoms with Crippen LogP contribution in [0.5, 0.6) is 0 Å².